The number of rotatable bonds is 3. The van der Waals surface area contributed by atoms with Crippen LogP contribution in [0.5, 0.6) is 0 Å². The van der Waals surface area contributed by atoms with Crippen LogP contribution in [0.15, 0.2) is 53.4 Å². The number of sulfonamides is 1. The van der Waals surface area contributed by atoms with Gasteiger partial charge in [-0.3, -0.25) is 4.79 Å². The summed E-state index contributed by atoms with van der Waals surface area (Å²) in [4.78, 5) is 14.7. The van der Waals surface area contributed by atoms with E-state index in [1.807, 2.05) is 25.1 Å². The molecule has 0 N–H and O–H groups in total. The number of amides is 1. The van der Waals surface area contributed by atoms with Crippen molar-refractivity contribution >= 4 is 38.5 Å². The number of benzene rings is 2. The third-order valence-corrected chi connectivity index (χ3v) is 7.07. The molecule has 1 aliphatic rings. The van der Waals surface area contributed by atoms with Gasteiger partial charge >= 0.3 is 0 Å². The molecule has 25 heavy (non-hydrogen) atoms. The Balaban J connectivity index is 1.70. The van der Waals surface area contributed by atoms with E-state index in [9.17, 15) is 13.2 Å². The lowest BCUT2D eigenvalue weighted by molar-refractivity contribution is 0.0697. The van der Waals surface area contributed by atoms with E-state index in [1.165, 1.54) is 4.31 Å². The Labute approximate surface area is 161 Å². The SMILES string of the molecule is Cc1ccc(C(=O)N2CCN(S(=O)(=O)c3ccccc3)CC2)c(I)c1. The smallest absolute Gasteiger partial charge is 0.255 e. The van der Waals surface area contributed by atoms with Crippen molar-refractivity contribution in [2.45, 2.75) is 11.8 Å². The molecule has 0 spiro atoms. The number of hydrogen-bond donors (Lipinski definition) is 0. The van der Waals surface area contributed by atoms with Crippen LogP contribution in [0.4, 0.5) is 0 Å². The molecule has 3 rings (SSSR count). The highest BCUT2D eigenvalue weighted by molar-refractivity contribution is 14.1. The van der Waals surface area contributed by atoms with Crippen LogP contribution in [0, 0.1) is 10.5 Å². The van der Waals surface area contributed by atoms with Gasteiger partial charge in [0, 0.05) is 29.7 Å². The van der Waals surface area contributed by atoms with Crippen molar-refractivity contribution < 1.29 is 13.2 Å². The van der Waals surface area contributed by atoms with Crippen molar-refractivity contribution in [3.05, 3.63) is 63.2 Å². The maximum atomic E-state index is 12.7. The Kier molecular flexibility index (Phi) is 5.45. The fourth-order valence-electron chi connectivity index (χ4n) is 2.84. The molecule has 0 saturated carbocycles. The van der Waals surface area contributed by atoms with Crippen LogP contribution in [-0.2, 0) is 10.0 Å². The fourth-order valence-corrected chi connectivity index (χ4v) is 5.18. The molecule has 0 unspecified atom stereocenters. The Hall–Kier alpha value is -1.45. The lowest BCUT2D eigenvalue weighted by Crippen LogP contribution is -2.50. The average molecular weight is 470 g/mol. The summed E-state index contributed by atoms with van der Waals surface area (Å²) in [5, 5.41) is 0. The summed E-state index contributed by atoms with van der Waals surface area (Å²) < 4.78 is 27.7. The lowest BCUT2D eigenvalue weighted by Gasteiger charge is -2.34. The van der Waals surface area contributed by atoms with E-state index in [4.69, 9.17) is 0 Å². The van der Waals surface area contributed by atoms with Crippen LogP contribution >= 0.6 is 22.6 Å². The van der Waals surface area contributed by atoms with Gasteiger partial charge in [0.2, 0.25) is 10.0 Å². The standard InChI is InChI=1S/C18H19IN2O3S/c1-14-7-8-16(17(19)13-14)18(22)20-9-11-21(12-10-20)25(23,24)15-5-3-2-4-6-15/h2-8,13H,9-12H2,1H3. The van der Waals surface area contributed by atoms with Crippen LogP contribution in [0.1, 0.15) is 15.9 Å². The number of hydrogen-bond acceptors (Lipinski definition) is 3. The predicted molar refractivity (Wildman–Crippen MR) is 105 cm³/mol. The van der Waals surface area contributed by atoms with Crippen LogP contribution < -0.4 is 0 Å². The minimum Gasteiger partial charge on any atom is -0.336 e. The van der Waals surface area contributed by atoms with Crippen molar-refractivity contribution in [3.8, 4) is 0 Å². The molecule has 0 bridgehead atoms. The fraction of sp³-hybridized carbons (Fsp3) is 0.278. The van der Waals surface area contributed by atoms with Crippen LogP contribution in [0.2, 0.25) is 0 Å². The van der Waals surface area contributed by atoms with Crippen molar-refractivity contribution in [2.24, 2.45) is 0 Å². The summed E-state index contributed by atoms with van der Waals surface area (Å²) in [7, 11) is -3.50. The number of piperazine rings is 1. The Morgan fingerprint density at radius 2 is 1.64 bits per heavy atom. The van der Waals surface area contributed by atoms with E-state index in [2.05, 4.69) is 22.6 Å². The summed E-state index contributed by atoms with van der Waals surface area (Å²) in [5.41, 5.74) is 1.78. The zero-order valence-corrected chi connectivity index (χ0v) is 16.8. The van der Waals surface area contributed by atoms with E-state index in [1.54, 1.807) is 35.2 Å². The number of carbonyl (C=O) groups is 1. The Bertz CT molecular complexity index is 876. The number of halogens is 1. The zero-order valence-electron chi connectivity index (χ0n) is 13.9. The van der Waals surface area contributed by atoms with E-state index in [0.717, 1.165) is 9.13 Å². The summed E-state index contributed by atoms with van der Waals surface area (Å²) in [5.74, 6) is -0.0406. The van der Waals surface area contributed by atoms with E-state index in [0.29, 0.717) is 36.6 Å². The molecule has 2 aromatic rings. The molecule has 1 aliphatic heterocycles. The van der Waals surface area contributed by atoms with Gasteiger partial charge in [0.25, 0.3) is 5.91 Å². The third-order valence-electron chi connectivity index (χ3n) is 4.26. The van der Waals surface area contributed by atoms with Gasteiger partial charge in [0.1, 0.15) is 0 Å². The molecular weight excluding hydrogens is 451 g/mol. The molecule has 0 aromatic heterocycles. The van der Waals surface area contributed by atoms with Gasteiger partial charge in [-0.1, -0.05) is 29.8 Å². The molecule has 7 heteroatoms. The molecule has 1 heterocycles. The first-order chi connectivity index (χ1) is 11.9. The third kappa shape index (κ3) is 3.88. The summed E-state index contributed by atoms with van der Waals surface area (Å²) in [6, 6.07) is 14.2. The van der Waals surface area contributed by atoms with Crippen LogP contribution in [-0.4, -0.2) is 49.7 Å². The van der Waals surface area contributed by atoms with Gasteiger partial charge < -0.3 is 4.90 Å². The molecule has 132 valence electrons. The van der Waals surface area contributed by atoms with Crippen molar-refractivity contribution in [3.63, 3.8) is 0 Å². The molecule has 2 aromatic carbocycles. The van der Waals surface area contributed by atoms with Gasteiger partial charge in [-0.2, -0.15) is 4.31 Å². The Morgan fingerprint density at radius 1 is 1.00 bits per heavy atom. The largest absolute Gasteiger partial charge is 0.336 e. The molecule has 1 amide bonds. The van der Waals surface area contributed by atoms with Crippen LogP contribution in [0.25, 0.3) is 0 Å². The van der Waals surface area contributed by atoms with Gasteiger partial charge in [-0.25, -0.2) is 8.42 Å². The maximum absolute atomic E-state index is 12.7. The lowest BCUT2D eigenvalue weighted by atomic mass is 10.1. The van der Waals surface area contributed by atoms with E-state index < -0.39 is 10.0 Å². The van der Waals surface area contributed by atoms with Gasteiger partial charge in [0.15, 0.2) is 0 Å². The first-order valence-corrected chi connectivity index (χ1v) is 10.5. The van der Waals surface area contributed by atoms with Crippen molar-refractivity contribution in [1.82, 2.24) is 9.21 Å². The number of aryl methyl sites for hydroxylation is 1. The maximum Gasteiger partial charge on any atom is 0.255 e. The molecular formula is C18H19IN2O3S. The minimum absolute atomic E-state index is 0.0406. The van der Waals surface area contributed by atoms with E-state index in [-0.39, 0.29) is 5.91 Å². The van der Waals surface area contributed by atoms with E-state index >= 15 is 0 Å². The van der Waals surface area contributed by atoms with Crippen LogP contribution in [0.3, 0.4) is 0 Å². The van der Waals surface area contributed by atoms with Crippen molar-refractivity contribution in [2.75, 3.05) is 26.2 Å². The second kappa shape index (κ2) is 7.43. The molecule has 0 atom stereocenters. The first-order valence-electron chi connectivity index (χ1n) is 8.00. The molecule has 5 nitrogen and oxygen atoms in total. The highest BCUT2D eigenvalue weighted by atomic mass is 127. The molecule has 0 aliphatic carbocycles. The average Bonchev–Trinajstić information content (AvgIpc) is 2.62. The minimum atomic E-state index is -3.50. The number of nitrogens with zero attached hydrogens (tertiary/aromatic N) is 2. The van der Waals surface area contributed by atoms with Crippen molar-refractivity contribution in [1.29, 1.82) is 0 Å². The molecule has 1 fully saturated rings. The normalized spacial score (nSPS) is 16.0. The van der Waals surface area contributed by atoms with Gasteiger partial charge in [-0.15, -0.1) is 0 Å². The highest BCUT2D eigenvalue weighted by Crippen LogP contribution is 2.20. The predicted octanol–water partition coefficient (Wildman–Crippen LogP) is 2.75. The second-order valence-corrected chi connectivity index (χ2v) is 9.09. The monoisotopic (exact) mass is 470 g/mol. The zero-order chi connectivity index (χ0) is 18.0. The Morgan fingerprint density at radius 3 is 2.24 bits per heavy atom. The number of carbonyl (C=O) groups excluding carboxylic acids is 1. The first kappa shape index (κ1) is 18.3. The summed E-state index contributed by atoms with van der Waals surface area (Å²) >= 11 is 2.17. The van der Waals surface area contributed by atoms with Gasteiger partial charge in [-0.05, 0) is 53.8 Å². The topological polar surface area (TPSA) is 57.7 Å². The van der Waals surface area contributed by atoms with Gasteiger partial charge in [0.05, 0.1) is 10.5 Å². The highest BCUT2D eigenvalue weighted by Gasteiger charge is 2.30. The summed E-state index contributed by atoms with van der Waals surface area (Å²) in [6.45, 7) is 3.41. The summed E-state index contributed by atoms with van der Waals surface area (Å²) in [6.07, 6.45) is 0. The molecule has 0 radical (unpaired) electrons. The molecule has 1 saturated heterocycles. The second-order valence-electron chi connectivity index (χ2n) is 5.99. The quantitative estimate of drug-likeness (QED) is 0.649.